The number of anilines is 4. The van der Waals surface area contributed by atoms with Gasteiger partial charge in [-0.1, -0.05) is 18.6 Å². The Kier molecular flexibility index (Phi) is 8.47. The molecule has 1 spiro atoms. The summed E-state index contributed by atoms with van der Waals surface area (Å²) in [5.74, 6) is 0.863. The molecule has 3 aromatic heterocycles. The fourth-order valence-corrected chi connectivity index (χ4v) is 8.73. The largest absolute Gasteiger partial charge is 0.363 e. The minimum atomic E-state index is -0.640. The van der Waals surface area contributed by atoms with Crippen molar-refractivity contribution in [2.24, 2.45) is 0 Å². The number of carbonyl (C=O) groups is 2. The van der Waals surface area contributed by atoms with Crippen LogP contribution in [0.4, 0.5) is 27.4 Å². The molecular formula is C39H48FN9O2. The summed E-state index contributed by atoms with van der Waals surface area (Å²) in [7, 11) is 3.73. The normalized spacial score (nSPS) is 21.7. The molecule has 51 heavy (non-hydrogen) atoms. The number of likely N-dealkylation sites (tertiary alicyclic amines) is 2. The number of nitrogens with zero attached hydrogens (tertiary/aromatic N) is 8. The van der Waals surface area contributed by atoms with Crippen molar-refractivity contribution >= 4 is 45.9 Å². The van der Waals surface area contributed by atoms with Crippen LogP contribution in [0.5, 0.6) is 0 Å². The number of pyridine rings is 2. The number of fused-ring (bicyclic) bond motifs is 3. The topological polar surface area (TPSA) is 103 Å². The van der Waals surface area contributed by atoms with Gasteiger partial charge in [-0.3, -0.25) is 9.59 Å². The summed E-state index contributed by atoms with van der Waals surface area (Å²) in [6.07, 6.45) is 10.0. The number of piperidine rings is 2. The van der Waals surface area contributed by atoms with Crippen LogP contribution in [-0.4, -0.2) is 93.5 Å². The Balaban J connectivity index is 1.20. The van der Waals surface area contributed by atoms with Gasteiger partial charge >= 0.3 is 0 Å². The first-order valence-electron chi connectivity index (χ1n) is 18.5. The van der Waals surface area contributed by atoms with Crippen molar-refractivity contribution in [2.45, 2.75) is 89.3 Å². The molecule has 3 aliphatic heterocycles. The first-order valence-corrected chi connectivity index (χ1v) is 18.5. The number of carbonyl (C=O) groups excluding carboxylic acids is 2. The van der Waals surface area contributed by atoms with Crippen LogP contribution in [0.1, 0.15) is 77.3 Å². The van der Waals surface area contributed by atoms with Crippen LogP contribution in [0.15, 0.2) is 42.9 Å². The van der Waals surface area contributed by atoms with E-state index in [1.165, 1.54) is 25.5 Å². The molecule has 1 saturated carbocycles. The number of hydrogen-bond acceptors (Lipinski definition) is 8. The lowest BCUT2D eigenvalue weighted by molar-refractivity contribution is -0.134. The summed E-state index contributed by atoms with van der Waals surface area (Å²) in [5.41, 5.74) is 4.71. The Morgan fingerprint density at radius 3 is 2.43 bits per heavy atom. The lowest BCUT2D eigenvalue weighted by Crippen LogP contribution is -2.58. The number of halogens is 1. The van der Waals surface area contributed by atoms with E-state index in [1.807, 2.05) is 34.5 Å². The van der Waals surface area contributed by atoms with Gasteiger partial charge in [0, 0.05) is 69.6 Å². The molecule has 0 bridgehead atoms. The highest BCUT2D eigenvalue weighted by Crippen LogP contribution is 2.52. The van der Waals surface area contributed by atoms with E-state index in [4.69, 9.17) is 9.97 Å². The predicted molar refractivity (Wildman–Crippen MR) is 198 cm³/mol. The molecule has 0 atom stereocenters. The smallest absolute Gasteiger partial charge is 0.238 e. The number of aromatic nitrogens is 4. The van der Waals surface area contributed by atoms with Crippen molar-refractivity contribution in [3.8, 4) is 11.3 Å². The average Bonchev–Trinajstić information content (AvgIpc) is 3.63. The summed E-state index contributed by atoms with van der Waals surface area (Å²) in [6.45, 7) is 9.21. The number of rotatable bonds is 7. The monoisotopic (exact) mass is 693 g/mol. The van der Waals surface area contributed by atoms with E-state index in [2.05, 4.69) is 52.1 Å². The minimum Gasteiger partial charge on any atom is -0.363 e. The molecule has 1 aliphatic carbocycles. The maximum atomic E-state index is 15.2. The van der Waals surface area contributed by atoms with Gasteiger partial charge in [-0.25, -0.2) is 19.3 Å². The van der Waals surface area contributed by atoms with E-state index < -0.39 is 11.2 Å². The maximum Gasteiger partial charge on any atom is 0.238 e. The van der Waals surface area contributed by atoms with Crippen molar-refractivity contribution in [1.29, 1.82) is 0 Å². The second kappa shape index (κ2) is 12.9. The predicted octanol–water partition coefficient (Wildman–Crippen LogP) is 6.27. The van der Waals surface area contributed by atoms with Gasteiger partial charge in [0.25, 0.3) is 0 Å². The summed E-state index contributed by atoms with van der Waals surface area (Å²) in [6, 6.07) is 10.7. The molecule has 8 rings (SSSR count). The fourth-order valence-electron chi connectivity index (χ4n) is 8.73. The second-order valence-corrected chi connectivity index (χ2v) is 15.4. The van der Waals surface area contributed by atoms with Crippen LogP contribution in [0.2, 0.25) is 0 Å². The van der Waals surface area contributed by atoms with E-state index in [-0.39, 0.29) is 29.6 Å². The van der Waals surface area contributed by atoms with Crippen molar-refractivity contribution in [2.75, 3.05) is 55.4 Å². The van der Waals surface area contributed by atoms with Crippen LogP contribution >= 0.6 is 0 Å². The zero-order chi connectivity index (χ0) is 35.6. The summed E-state index contributed by atoms with van der Waals surface area (Å²) < 4.78 is 17.2. The van der Waals surface area contributed by atoms with Crippen LogP contribution in [0, 0.1) is 5.82 Å². The highest BCUT2D eigenvalue weighted by Gasteiger charge is 2.55. The first kappa shape index (κ1) is 33.6. The molecule has 0 unspecified atom stereocenters. The summed E-state index contributed by atoms with van der Waals surface area (Å²) >= 11 is 0. The minimum absolute atomic E-state index is 0.0569. The zero-order valence-electron chi connectivity index (χ0n) is 30.3. The van der Waals surface area contributed by atoms with E-state index in [1.54, 1.807) is 19.3 Å². The molecule has 268 valence electrons. The zero-order valence-corrected chi connectivity index (χ0v) is 30.3. The van der Waals surface area contributed by atoms with Crippen molar-refractivity contribution < 1.29 is 14.0 Å². The third-order valence-electron chi connectivity index (χ3n) is 11.8. The summed E-state index contributed by atoms with van der Waals surface area (Å²) in [5, 5.41) is 3.29. The van der Waals surface area contributed by atoms with Gasteiger partial charge in [0.1, 0.15) is 11.3 Å². The third-order valence-corrected chi connectivity index (χ3v) is 11.8. The third kappa shape index (κ3) is 5.71. The van der Waals surface area contributed by atoms with E-state index >= 15 is 4.39 Å². The van der Waals surface area contributed by atoms with Gasteiger partial charge < -0.3 is 29.5 Å². The second-order valence-electron chi connectivity index (χ2n) is 15.4. The van der Waals surface area contributed by atoms with Gasteiger partial charge in [-0.2, -0.15) is 0 Å². The van der Waals surface area contributed by atoms with Crippen LogP contribution < -0.4 is 15.1 Å². The van der Waals surface area contributed by atoms with Gasteiger partial charge in [-0.05, 0) is 83.2 Å². The average molecular weight is 694 g/mol. The molecule has 2 saturated heterocycles. The fraction of sp³-hybridized carbons (Fsp3) is 0.513. The SMILES string of the molecule is CC(=O)N1CCC2(CC1)C(=O)N(C1CC(N3CCCCC3)C1)c1cc(-c3cc4ncn(C(C)C)c4c(Nc4cc(N(C)C)ncc4F)n3)ccc12. The van der Waals surface area contributed by atoms with Crippen LogP contribution in [0.3, 0.4) is 0 Å². The van der Waals surface area contributed by atoms with Gasteiger partial charge in [0.2, 0.25) is 11.8 Å². The molecule has 1 N–H and O–H groups in total. The number of hydrogen-bond donors (Lipinski definition) is 1. The lowest BCUT2D eigenvalue weighted by Gasteiger charge is -2.48. The molecule has 11 nitrogen and oxygen atoms in total. The molecular weight excluding hydrogens is 645 g/mol. The Hall–Kier alpha value is -4.58. The van der Waals surface area contributed by atoms with Gasteiger partial charge in [-0.15, -0.1) is 0 Å². The Morgan fingerprint density at radius 2 is 1.75 bits per heavy atom. The Bertz CT molecular complexity index is 1990. The molecule has 4 aromatic rings. The molecule has 1 aromatic carbocycles. The van der Waals surface area contributed by atoms with Crippen molar-refractivity contribution in [3.63, 3.8) is 0 Å². The Labute approximate surface area is 298 Å². The highest BCUT2D eigenvalue weighted by molar-refractivity contribution is 6.09. The van der Waals surface area contributed by atoms with E-state index in [0.717, 1.165) is 53.8 Å². The van der Waals surface area contributed by atoms with Crippen LogP contribution in [0.25, 0.3) is 22.3 Å². The van der Waals surface area contributed by atoms with Gasteiger partial charge in [0.05, 0.1) is 34.8 Å². The lowest BCUT2D eigenvalue weighted by atomic mass is 9.73. The molecule has 3 fully saturated rings. The number of imidazole rings is 1. The number of nitrogens with one attached hydrogen (secondary N) is 1. The molecule has 4 aliphatic rings. The first-order chi connectivity index (χ1) is 24.5. The molecule has 12 heteroatoms. The van der Waals surface area contributed by atoms with Crippen molar-refractivity contribution in [3.05, 3.63) is 54.2 Å². The molecule has 0 radical (unpaired) electrons. The number of benzene rings is 1. The van der Waals surface area contributed by atoms with E-state index in [9.17, 15) is 9.59 Å². The van der Waals surface area contributed by atoms with Gasteiger partial charge in [0.15, 0.2) is 11.6 Å². The van der Waals surface area contributed by atoms with Crippen molar-refractivity contribution in [1.82, 2.24) is 29.3 Å². The van der Waals surface area contributed by atoms with Crippen LogP contribution in [-0.2, 0) is 15.0 Å². The Morgan fingerprint density at radius 1 is 1.00 bits per heavy atom. The number of amides is 2. The highest BCUT2D eigenvalue weighted by atomic mass is 19.1. The molecule has 6 heterocycles. The van der Waals surface area contributed by atoms with E-state index in [0.29, 0.717) is 49.3 Å². The standard InChI is InChI=1S/C39H48FN9O2/c1-24(2)48-23-42-33-20-31(43-37(36(33)48)44-32-21-35(45(4)5)41-22-30(32)40)26-9-10-29-34(17-26)49(28-18-27(19-28)47-13-7-6-8-14-47)38(51)39(29)11-15-46(16-12-39)25(3)50/h9-10,17,20-24,27-28H,6-8,11-16,18-19H2,1-5H3,(H,41,43,44). The quantitative estimate of drug-likeness (QED) is 0.242. The maximum absolute atomic E-state index is 15.2. The molecule has 2 amide bonds. The summed E-state index contributed by atoms with van der Waals surface area (Å²) in [4.78, 5) is 49.5.